The van der Waals surface area contributed by atoms with Crippen molar-refractivity contribution in [1.82, 2.24) is 4.31 Å². The van der Waals surface area contributed by atoms with Crippen LogP contribution in [0.4, 0.5) is 5.69 Å². The van der Waals surface area contributed by atoms with E-state index in [1.807, 2.05) is 6.07 Å². The van der Waals surface area contributed by atoms with Gasteiger partial charge in [0.1, 0.15) is 0 Å². The Hall–Kier alpha value is -3.22. The Bertz CT molecular complexity index is 1040. The molecule has 1 fully saturated rings. The molecule has 0 unspecified atom stereocenters. The molecular formula is C20H19N3O5S. The van der Waals surface area contributed by atoms with Crippen molar-refractivity contribution in [2.45, 2.75) is 17.7 Å². The van der Waals surface area contributed by atoms with Crippen LogP contribution in [0.1, 0.15) is 28.8 Å². The molecule has 0 radical (unpaired) electrons. The highest BCUT2D eigenvalue weighted by Gasteiger charge is 2.27. The van der Waals surface area contributed by atoms with Gasteiger partial charge in [-0.25, -0.2) is 13.2 Å². The highest BCUT2D eigenvalue weighted by atomic mass is 32.2. The van der Waals surface area contributed by atoms with Crippen molar-refractivity contribution >= 4 is 27.6 Å². The predicted octanol–water partition coefficient (Wildman–Crippen LogP) is 2.14. The van der Waals surface area contributed by atoms with Crippen LogP contribution in [-0.4, -0.2) is 44.3 Å². The number of anilines is 1. The lowest BCUT2D eigenvalue weighted by Gasteiger charge is -2.15. The maximum Gasteiger partial charge on any atom is 0.338 e. The first-order chi connectivity index (χ1) is 13.9. The van der Waals surface area contributed by atoms with Gasteiger partial charge in [-0.2, -0.15) is 9.57 Å². The lowest BCUT2D eigenvalue weighted by atomic mass is 10.2. The zero-order valence-corrected chi connectivity index (χ0v) is 16.3. The van der Waals surface area contributed by atoms with Crippen molar-refractivity contribution in [3.63, 3.8) is 0 Å². The Morgan fingerprint density at radius 2 is 1.66 bits per heavy atom. The Morgan fingerprint density at radius 3 is 2.24 bits per heavy atom. The van der Waals surface area contributed by atoms with Gasteiger partial charge in [-0.3, -0.25) is 4.79 Å². The summed E-state index contributed by atoms with van der Waals surface area (Å²) in [7, 11) is -3.55. The van der Waals surface area contributed by atoms with Gasteiger partial charge >= 0.3 is 5.97 Å². The summed E-state index contributed by atoms with van der Waals surface area (Å²) in [4.78, 5) is 24.1. The smallest absolute Gasteiger partial charge is 0.338 e. The van der Waals surface area contributed by atoms with Crippen LogP contribution in [0, 0.1) is 11.3 Å². The molecule has 1 saturated heterocycles. The summed E-state index contributed by atoms with van der Waals surface area (Å²) < 4.78 is 31.4. The Morgan fingerprint density at radius 1 is 1.03 bits per heavy atom. The minimum atomic E-state index is -3.55. The van der Waals surface area contributed by atoms with E-state index in [0.717, 1.165) is 12.8 Å². The third kappa shape index (κ3) is 4.99. The lowest BCUT2D eigenvalue weighted by Crippen LogP contribution is -2.27. The van der Waals surface area contributed by atoms with Crippen LogP contribution in [0.2, 0.25) is 0 Å². The molecule has 3 rings (SSSR count). The summed E-state index contributed by atoms with van der Waals surface area (Å²) >= 11 is 0. The van der Waals surface area contributed by atoms with E-state index in [0.29, 0.717) is 24.3 Å². The standard InChI is InChI=1S/C20H19N3O5S/c21-13-15-3-7-17(8-4-15)22-19(24)14-28-20(25)16-5-9-18(10-6-16)29(26,27)23-11-1-2-12-23/h3-10H,1-2,11-12,14H2,(H,22,24). The van der Waals surface area contributed by atoms with Crippen molar-refractivity contribution < 1.29 is 22.7 Å². The largest absolute Gasteiger partial charge is 0.452 e. The molecule has 1 aliphatic rings. The summed E-state index contributed by atoms with van der Waals surface area (Å²) in [6.07, 6.45) is 1.68. The van der Waals surface area contributed by atoms with Gasteiger partial charge in [0.2, 0.25) is 10.0 Å². The topological polar surface area (TPSA) is 117 Å². The molecule has 2 aromatic carbocycles. The molecule has 0 aliphatic carbocycles. The molecule has 1 aliphatic heterocycles. The average Bonchev–Trinajstić information content (AvgIpc) is 3.28. The number of carbonyl (C=O) groups excluding carboxylic acids is 2. The molecule has 2 aromatic rings. The molecule has 1 N–H and O–H groups in total. The SMILES string of the molecule is N#Cc1ccc(NC(=O)COC(=O)c2ccc(S(=O)(=O)N3CCCC3)cc2)cc1. The maximum atomic E-state index is 12.5. The number of hydrogen-bond acceptors (Lipinski definition) is 6. The van der Waals surface area contributed by atoms with Gasteiger partial charge in [0.05, 0.1) is 22.1 Å². The number of amides is 1. The molecular weight excluding hydrogens is 394 g/mol. The summed E-state index contributed by atoms with van der Waals surface area (Å²) in [5.41, 5.74) is 1.09. The van der Waals surface area contributed by atoms with Crippen LogP contribution in [0.15, 0.2) is 53.4 Å². The number of sulfonamides is 1. The minimum absolute atomic E-state index is 0.120. The van der Waals surface area contributed by atoms with Gasteiger partial charge in [-0.1, -0.05) is 0 Å². The second-order valence-electron chi connectivity index (χ2n) is 6.45. The van der Waals surface area contributed by atoms with E-state index in [1.54, 1.807) is 24.3 Å². The molecule has 0 aromatic heterocycles. The van der Waals surface area contributed by atoms with Crippen LogP contribution in [0.25, 0.3) is 0 Å². The molecule has 0 atom stereocenters. The number of nitrogens with one attached hydrogen (secondary N) is 1. The van der Waals surface area contributed by atoms with Crippen LogP contribution >= 0.6 is 0 Å². The van der Waals surface area contributed by atoms with E-state index in [-0.39, 0.29) is 10.5 Å². The number of carbonyl (C=O) groups is 2. The third-order valence-corrected chi connectivity index (χ3v) is 6.34. The normalized spacial score (nSPS) is 14.2. The van der Waals surface area contributed by atoms with Crippen molar-refractivity contribution in [1.29, 1.82) is 5.26 Å². The van der Waals surface area contributed by atoms with Crippen LogP contribution in [-0.2, 0) is 19.6 Å². The quantitative estimate of drug-likeness (QED) is 0.725. The van der Waals surface area contributed by atoms with Crippen LogP contribution in [0.3, 0.4) is 0 Å². The average molecular weight is 413 g/mol. The van der Waals surface area contributed by atoms with E-state index in [1.165, 1.54) is 28.6 Å². The van der Waals surface area contributed by atoms with Gasteiger partial charge in [-0.15, -0.1) is 0 Å². The van der Waals surface area contributed by atoms with Crippen LogP contribution < -0.4 is 5.32 Å². The summed E-state index contributed by atoms with van der Waals surface area (Å²) in [6.45, 7) is 0.508. The number of ether oxygens (including phenoxy) is 1. The van der Waals surface area contributed by atoms with E-state index < -0.39 is 28.5 Å². The van der Waals surface area contributed by atoms with E-state index >= 15 is 0 Å². The van der Waals surface area contributed by atoms with Crippen molar-refractivity contribution in [3.05, 3.63) is 59.7 Å². The first-order valence-electron chi connectivity index (χ1n) is 8.97. The van der Waals surface area contributed by atoms with Crippen molar-refractivity contribution in [3.8, 4) is 6.07 Å². The third-order valence-electron chi connectivity index (χ3n) is 4.42. The Kier molecular flexibility index (Phi) is 6.26. The van der Waals surface area contributed by atoms with E-state index in [4.69, 9.17) is 10.00 Å². The molecule has 1 heterocycles. The summed E-state index contributed by atoms with van der Waals surface area (Å²) in [6, 6.07) is 13.7. The van der Waals surface area contributed by atoms with Gasteiger partial charge in [-0.05, 0) is 61.4 Å². The monoisotopic (exact) mass is 413 g/mol. The number of nitriles is 1. The summed E-state index contributed by atoms with van der Waals surface area (Å²) in [5.74, 6) is -1.26. The first-order valence-corrected chi connectivity index (χ1v) is 10.4. The first kappa shape index (κ1) is 20.5. The minimum Gasteiger partial charge on any atom is -0.452 e. The molecule has 9 heteroatoms. The zero-order valence-electron chi connectivity index (χ0n) is 15.5. The fourth-order valence-electron chi connectivity index (χ4n) is 2.88. The predicted molar refractivity (Wildman–Crippen MR) is 105 cm³/mol. The molecule has 1 amide bonds. The van der Waals surface area contributed by atoms with Crippen molar-refractivity contribution in [2.24, 2.45) is 0 Å². The molecule has 0 saturated carbocycles. The highest BCUT2D eigenvalue weighted by Crippen LogP contribution is 2.21. The Labute approximate surface area is 168 Å². The van der Waals surface area contributed by atoms with E-state index in [2.05, 4.69) is 5.32 Å². The summed E-state index contributed by atoms with van der Waals surface area (Å²) in [5, 5.41) is 11.3. The molecule has 0 bridgehead atoms. The fourth-order valence-corrected chi connectivity index (χ4v) is 4.40. The highest BCUT2D eigenvalue weighted by molar-refractivity contribution is 7.89. The van der Waals surface area contributed by atoms with Gasteiger partial charge in [0.25, 0.3) is 5.91 Å². The second-order valence-corrected chi connectivity index (χ2v) is 8.39. The Balaban J connectivity index is 1.55. The molecule has 150 valence electrons. The number of rotatable bonds is 6. The van der Waals surface area contributed by atoms with Gasteiger partial charge in [0, 0.05) is 18.8 Å². The number of nitrogens with zero attached hydrogens (tertiary/aromatic N) is 2. The van der Waals surface area contributed by atoms with E-state index in [9.17, 15) is 18.0 Å². The maximum absolute atomic E-state index is 12.5. The van der Waals surface area contributed by atoms with Gasteiger partial charge < -0.3 is 10.1 Å². The second kappa shape index (κ2) is 8.86. The molecule has 8 nitrogen and oxygen atoms in total. The van der Waals surface area contributed by atoms with Crippen LogP contribution in [0.5, 0.6) is 0 Å². The number of esters is 1. The lowest BCUT2D eigenvalue weighted by molar-refractivity contribution is -0.119. The van der Waals surface area contributed by atoms with Crippen molar-refractivity contribution in [2.75, 3.05) is 25.0 Å². The number of hydrogen-bond donors (Lipinski definition) is 1. The molecule has 29 heavy (non-hydrogen) atoms. The van der Waals surface area contributed by atoms with Gasteiger partial charge in [0.15, 0.2) is 6.61 Å². The number of benzene rings is 2. The zero-order chi connectivity index (χ0) is 20.9. The fraction of sp³-hybridized carbons (Fsp3) is 0.250. The molecule has 0 spiro atoms.